The van der Waals surface area contributed by atoms with Gasteiger partial charge in [0.25, 0.3) is 5.91 Å². The van der Waals surface area contributed by atoms with Crippen LogP contribution in [-0.2, 0) is 0 Å². The Morgan fingerprint density at radius 1 is 1.54 bits per heavy atom. The molecule has 0 saturated carbocycles. The molecule has 1 amide bonds. The first kappa shape index (κ1) is 8.00. The second kappa shape index (κ2) is 3.02. The van der Waals surface area contributed by atoms with Gasteiger partial charge in [0.15, 0.2) is 0 Å². The predicted molar refractivity (Wildman–Crippen MR) is 48.3 cm³/mol. The molecule has 0 aromatic carbocycles. The largest absolute Gasteiger partial charge is 0.365 e. The van der Waals surface area contributed by atoms with Crippen molar-refractivity contribution in [2.45, 2.75) is 0 Å². The Labute approximate surface area is 78.0 Å². The quantitative estimate of drug-likeness (QED) is 0.787. The third-order valence-electron chi connectivity index (χ3n) is 1.60. The van der Waals surface area contributed by atoms with Crippen LogP contribution < -0.4 is 5.73 Å². The zero-order valence-corrected chi connectivity index (χ0v) is 7.38. The number of rotatable bonds is 2. The van der Waals surface area contributed by atoms with E-state index in [0.29, 0.717) is 10.6 Å². The standard InChI is InChI=1S/C8H6N2O2S/c9-8(11)7-5(2-4-13-7)6-1-3-12-10-6/h1-4H,(H2,9,11). The molecule has 5 heteroatoms. The van der Waals surface area contributed by atoms with E-state index in [2.05, 4.69) is 9.68 Å². The smallest absolute Gasteiger partial charge is 0.259 e. The number of primary amides is 1. The molecular weight excluding hydrogens is 188 g/mol. The summed E-state index contributed by atoms with van der Waals surface area (Å²) in [5, 5.41) is 5.52. The fourth-order valence-corrected chi connectivity index (χ4v) is 1.81. The summed E-state index contributed by atoms with van der Waals surface area (Å²) in [6.07, 6.45) is 1.46. The number of hydrogen-bond donors (Lipinski definition) is 1. The van der Waals surface area contributed by atoms with Gasteiger partial charge in [-0.05, 0) is 11.4 Å². The normalized spacial score (nSPS) is 10.2. The van der Waals surface area contributed by atoms with E-state index in [4.69, 9.17) is 5.73 Å². The zero-order chi connectivity index (χ0) is 9.26. The lowest BCUT2D eigenvalue weighted by molar-refractivity contribution is 0.100. The highest BCUT2D eigenvalue weighted by Crippen LogP contribution is 2.26. The molecule has 0 atom stereocenters. The van der Waals surface area contributed by atoms with Crippen LogP contribution in [0.5, 0.6) is 0 Å². The Kier molecular flexibility index (Phi) is 1.86. The van der Waals surface area contributed by atoms with E-state index in [1.807, 2.05) is 0 Å². The third-order valence-corrected chi connectivity index (χ3v) is 2.53. The second-order valence-corrected chi connectivity index (χ2v) is 3.33. The average Bonchev–Trinajstić information content (AvgIpc) is 2.74. The minimum absolute atomic E-state index is 0.437. The Bertz CT molecular complexity index is 419. The maximum atomic E-state index is 11.0. The average molecular weight is 194 g/mol. The molecule has 66 valence electrons. The molecule has 0 unspecified atom stereocenters. The van der Waals surface area contributed by atoms with Crippen LogP contribution in [0.1, 0.15) is 9.67 Å². The summed E-state index contributed by atoms with van der Waals surface area (Å²) < 4.78 is 4.68. The molecule has 2 N–H and O–H groups in total. The molecular formula is C8H6N2O2S. The lowest BCUT2D eigenvalue weighted by Gasteiger charge is -1.93. The molecule has 2 heterocycles. The summed E-state index contributed by atoms with van der Waals surface area (Å²) >= 11 is 1.30. The molecule has 0 spiro atoms. The first-order valence-electron chi connectivity index (χ1n) is 3.57. The first-order valence-corrected chi connectivity index (χ1v) is 4.45. The monoisotopic (exact) mass is 194 g/mol. The van der Waals surface area contributed by atoms with Crippen LogP contribution >= 0.6 is 11.3 Å². The number of thiophene rings is 1. The van der Waals surface area contributed by atoms with E-state index >= 15 is 0 Å². The van der Waals surface area contributed by atoms with Gasteiger partial charge in [0.05, 0.1) is 0 Å². The molecule has 2 aromatic rings. The molecule has 0 bridgehead atoms. The van der Waals surface area contributed by atoms with E-state index in [0.717, 1.165) is 5.56 Å². The van der Waals surface area contributed by atoms with Gasteiger partial charge in [0.2, 0.25) is 0 Å². The number of hydrogen-bond acceptors (Lipinski definition) is 4. The summed E-state index contributed by atoms with van der Waals surface area (Å²) in [5.41, 5.74) is 6.54. The molecule has 0 radical (unpaired) electrons. The van der Waals surface area contributed by atoms with Gasteiger partial charge in [-0.15, -0.1) is 11.3 Å². The van der Waals surface area contributed by atoms with Gasteiger partial charge in [-0.1, -0.05) is 5.16 Å². The fraction of sp³-hybridized carbons (Fsp3) is 0. The minimum Gasteiger partial charge on any atom is -0.365 e. The number of nitrogens with zero attached hydrogens (tertiary/aromatic N) is 1. The number of carbonyl (C=O) groups excluding carboxylic acids is 1. The molecule has 0 aliphatic rings. The highest BCUT2D eigenvalue weighted by Gasteiger charge is 2.12. The molecule has 0 aliphatic carbocycles. The molecule has 0 aliphatic heterocycles. The lowest BCUT2D eigenvalue weighted by Crippen LogP contribution is -2.09. The number of amides is 1. The van der Waals surface area contributed by atoms with E-state index in [9.17, 15) is 4.79 Å². The van der Waals surface area contributed by atoms with Crippen molar-refractivity contribution in [3.05, 3.63) is 28.7 Å². The summed E-state index contributed by atoms with van der Waals surface area (Å²) in [4.78, 5) is 11.5. The maximum absolute atomic E-state index is 11.0. The van der Waals surface area contributed by atoms with E-state index in [-0.39, 0.29) is 0 Å². The fourth-order valence-electron chi connectivity index (χ4n) is 1.05. The number of nitrogens with two attached hydrogens (primary N) is 1. The van der Waals surface area contributed by atoms with Crippen LogP contribution in [0.15, 0.2) is 28.3 Å². The SMILES string of the molecule is NC(=O)c1sccc1-c1ccon1. The Balaban J connectivity index is 2.52. The summed E-state index contributed by atoms with van der Waals surface area (Å²) in [6, 6.07) is 3.48. The third kappa shape index (κ3) is 1.33. The van der Waals surface area contributed by atoms with Crippen LogP contribution in [-0.4, -0.2) is 11.1 Å². The summed E-state index contributed by atoms with van der Waals surface area (Å²) in [7, 11) is 0. The van der Waals surface area contributed by atoms with Crippen molar-refractivity contribution in [3.63, 3.8) is 0 Å². The van der Waals surface area contributed by atoms with Crippen molar-refractivity contribution in [2.75, 3.05) is 0 Å². The van der Waals surface area contributed by atoms with Gasteiger partial charge in [-0.2, -0.15) is 0 Å². The number of carbonyl (C=O) groups is 1. The molecule has 13 heavy (non-hydrogen) atoms. The highest BCUT2D eigenvalue weighted by atomic mass is 32.1. The van der Waals surface area contributed by atoms with Crippen LogP contribution in [0, 0.1) is 0 Å². The van der Waals surface area contributed by atoms with Crippen LogP contribution in [0.25, 0.3) is 11.3 Å². The summed E-state index contributed by atoms with van der Waals surface area (Å²) in [6.45, 7) is 0. The van der Waals surface area contributed by atoms with Crippen molar-refractivity contribution in [3.8, 4) is 11.3 Å². The van der Waals surface area contributed by atoms with E-state index in [1.165, 1.54) is 17.6 Å². The van der Waals surface area contributed by atoms with E-state index < -0.39 is 5.91 Å². The summed E-state index contributed by atoms with van der Waals surface area (Å²) in [5.74, 6) is -0.437. The van der Waals surface area contributed by atoms with Gasteiger partial charge in [-0.3, -0.25) is 4.79 Å². The Morgan fingerprint density at radius 2 is 2.38 bits per heavy atom. The minimum atomic E-state index is -0.437. The molecule has 4 nitrogen and oxygen atoms in total. The van der Waals surface area contributed by atoms with Gasteiger partial charge >= 0.3 is 0 Å². The second-order valence-electron chi connectivity index (χ2n) is 2.41. The predicted octanol–water partition coefficient (Wildman–Crippen LogP) is 1.50. The zero-order valence-electron chi connectivity index (χ0n) is 6.56. The molecule has 0 fully saturated rings. The van der Waals surface area contributed by atoms with Crippen molar-refractivity contribution >= 4 is 17.2 Å². The first-order chi connectivity index (χ1) is 6.29. The van der Waals surface area contributed by atoms with Crippen LogP contribution in [0.2, 0.25) is 0 Å². The molecule has 2 rings (SSSR count). The molecule has 2 aromatic heterocycles. The van der Waals surface area contributed by atoms with Crippen LogP contribution in [0.4, 0.5) is 0 Å². The van der Waals surface area contributed by atoms with Gasteiger partial charge in [0.1, 0.15) is 16.8 Å². The van der Waals surface area contributed by atoms with Crippen LogP contribution in [0.3, 0.4) is 0 Å². The van der Waals surface area contributed by atoms with Crippen molar-refractivity contribution in [1.82, 2.24) is 5.16 Å². The molecule has 0 saturated heterocycles. The van der Waals surface area contributed by atoms with Crippen molar-refractivity contribution < 1.29 is 9.32 Å². The Morgan fingerprint density at radius 3 is 3.00 bits per heavy atom. The van der Waals surface area contributed by atoms with Gasteiger partial charge in [0, 0.05) is 11.6 Å². The topological polar surface area (TPSA) is 69.1 Å². The lowest BCUT2D eigenvalue weighted by atomic mass is 10.2. The number of aromatic nitrogens is 1. The highest BCUT2D eigenvalue weighted by molar-refractivity contribution is 7.12. The van der Waals surface area contributed by atoms with E-state index in [1.54, 1.807) is 17.5 Å². The maximum Gasteiger partial charge on any atom is 0.259 e. The van der Waals surface area contributed by atoms with Gasteiger partial charge in [-0.25, -0.2) is 0 Å². The Hall–Kier alpha value is -1.62. The van der Waals surface area contributed by atoms with Crippen molar-refractivity contribution in [1.29, 1.82) is 0 Å². The van der Waals surface area contributed by atoms with Gasteiger partial charge < -0.3 is 10.3 Å². The van der Waals surface area contributed by atoms with Crippen molar-refractivity contribution in [2.24, 2.45) is 5.73 Å².